The molecule has 2 N–H and O–H groups in total. The van der Waals surface area contributed by atoms with Crippen molar-refractivity contribution >= 4 is 17.6 Å². The average molecular weight is 307 g/mol. The molecule has 0 fully saturated rings. The first-order valence-electron chi connectivity index (χ1n) is 7.35. The molecule has 0 aromatic heterocycles. The summed E-state index contributed by atoms with van der Waals surface area (Å²) < 4.78 is 5.49. The predicted octanol–water partition coefficient (Wildman–Crippen LogP) is 3.53. The number of rotatable bonds is 6. The molecule has 0 aliphatic rings. The number of anilines is 1. The molecule has 1 rings (SSSR count). The molecule has 0 spiro atoms. The zero-order valence-corrected chi connectivity index (χ0v) is 13.9. The van der Waals surface area contributed by atoms with Gasteiger partial charge in [-0.2, -0.15) is 0 Å². The van der Waals surface area contributed by atoms with Gasteiger partial charge in [0.2, 0.25) is 5.91 Å². The molecular weight excluding hydrogens is 282 g/mol. The van der Waals surface area contributed by atoms with E-state index in [2.05, 4.69) is 5.32 Å². The summed E-state index contributed by atoms with van der Waals surface area (Å²) in [6.07, 6.45) is 0.370. The van der Waals surface area contributed by atoms with Crippen molar-refractivity contribution in [2.45, 2.75) is 47.5 Å². The Kier molecular flexibility index (Phi) is 5.97. The van der Waals surface area contributed by atoms with E-state index in [-0.39, 0.29) is 24.3 Å². The van der Waals surface area contributed by atoms with Crippen LogP contribution in [0.2, 0.25) is 0 Å². The first-order chi connectivity index (χ1) is 10.1. The fourth-order valence-electron chi connectivity index (χ4n) is 2.09. The number of ether oxygens (including phenoxy) is 1. The normalized spacial score (nSPS) is 11.1. The van der Waals surface area contributed by atoms with Crippen LogP contribution in [0.5, 0.6) is 5.75 Å². The maximum absolute atomic E-state index is 12.1. The molecule has 0 aliphatic heterocycles. The highest BCUT2D eigenvalue weighted by Crippen LogP contribution is 2.30. The van der Waals surface area contributed by atoms with E-state index in [1.54, 1.807) is 6.07 Å². The maximum Gasteiger partial charge on any atom is 0.306 e. The number of carbonyl (C=O) groups is 2. The van der Waals surface area contributed by atoms with Gasteiger partial charge in [-0.05, 0) is 30.9 Å². The number of amides is 1. The molecule has 1 aromatic carbocycles. The van der Waals surface area contributed by atoms with Gasteiger partial charge in [0.1, 0.15) is 5.75 Å². The summed E-state index contributed by atoms with van der Waals surface area (Å²) in [5, 5.41) is 11.6. The van der Waals surface area contributed by atoms with Gasteiger partial charge in [0.05, 0.1) is 18.7 Å². The molecule has 1 aromatic rings. The topological polar surface area (TPSA) is 75.6 Å². The molecule has 122 valence electrons. The number of aliphatic carboxylic acids is 1. The number of carboxylic acids is 1. The Labute approximate surface area is 131 Å². The lowest BCUT2D eigenvalue weighted by Crippen LogP contribution is -2.20. The second-order valence-corrected chi connectivity index (χ2v) is 6.66. The van der Waals surface area contributed by atoms with E-state index in [4.69, 9.17) is 9.84 Å². The Morgan fingerprint density at radius 3 is 2.41 bits per heavy atom. The van der Waals surface area contributed by atoms with Crippen molar-refractivity contribution in [1.29, 1.82) is 0 Å². The lowest BCUT2D eigenvalue weighted by Gasteiger charge is -2.20. The molecule has 1 amide bonds. The van der Waals surface area contributed by atoms with Crippen LogP contribution in [0.1, 0.15) is 44.7 Å². The molecule has 0 aliphatic carbocycles. The van der Waals surface area contributed by atoms with Crippen molar-refractivity contribution in [2.24, 2.45) is 5.41 Å². The average Bonchev–Trinajstić information content (AvgIpc) is 2.34. The van der Waals surface area contributed by atoms with Gasteiger partial charge in [0, 0.05) is 12.0 Å². The lowest BCUT2D eigenvalue weighted by molar-refractivity contribution is -0.137. The highest BCUT2D eigenvalue weighted by molar-refractivity contribution is 5.93. The van der Waals surface area contributed by atoms with Crippen LogP contribution >= 0.6 is 0 Å². The van der Waals surface area contributed by atoms with Crippen LogP contribution in [0.4, 0.5) is 5.69 Å². The number of hydrogen-bond donors (Lipinski definition) is 2. The maximum atomic E-state index is 12.1. The van der Waals surface area contributed by atoms with E-state index in [1.165, 1.54) is 0 Å². The van der Waals surface area contributed by atoms with Crippen LogP contribution in [0.15, 0.2) is 12.1 Å². The van der Waals surface area contributed by atoms with Crippen molar-refractivity contribution in [3.8, 4) is 5.75 Å². The van der Waals surface area contributed by atoms with Gasteiger partial charge in [0.25, 0.3) is 0 Å². The summed E-state index contributed by atoms with van der Waals surface area (Å²) in [5.41, 5.74) is 2.42. The SMILES string of the molecule is Cc1ccc(OCCC(=O)O)c(C)c1NC(=O)CC(C)(C)C. The minimum absolute atomic E-state index is 0.0404. The molecular formula is C17H25NO4. The van der Waals surface area contributed by atoms with Gasteiger partial charge in [-0.25, -0.2) is 0 Å². The first-order valence-corrected chi connectivity index (χ1v) is 7.35. The summed E-state index contributed by atoms with van der Waals surface area (Å²) in [6.45, 7) is 9.92. The van der Waals surface area contributed by atoms with E-state index in [0.29, 0.717) is 12.2 Å². The highest BCUT2D eigenvalue weighted by Gasteiger charge is 2.18. The van der Waals surface area contributed by atoms with Crippen LogP contribution in [0, 0.1) is 19.3 Å². The van der Waals surface area contributed by atoms with Crippen LogP contribution in [0.3, 0.4) is 0 Å². The van der Waals surface area contributed by atoms with E-state index >= 15 is 0 Å². The van der Waals surface area contributed by atoms with Crippen molar-refractivity contribution in [3.05, 3.63) is 23.3 Å². The molecule has 22 heavy (non-hydrogen) atoms. The Morgan fingerprint density at radius 1 is 1.23 bits per heavy atom. The van der Waals surface area contributed by atoms with Crippen LogP contribution in [-0.4, -0.2) is 23.6 Å². The summed E-state index contributed by atoms with van der Waals surface area (Å²) in [7, 11) is 0. The quantitative estimate of drug-likeness (QED) is 0.843. The van der Waals surface area contributed by atoms with E-state index < -0.39 is 5.97 Å². The number of hydrogen-bond acceptors (Lipinski definition) is 3. The molecule has 5 nitrogen and oxygen atoms in total. The second kappa shape index (κ2) is 7.29. The molecule has 0 heterocycles. The molecule has 0 saturated carbocycles. The Hall–Kier alpha value is -2.04. The smallest absolute Gasteiger partial charge is 0.306 e. The van der Waals surface area contributed by atoms with Gasteiger partial charge >= 0.3 is 5.97 Å². The second-order valence-electron chi connectivity index (χ2n) is 6.66. The monoisotopic (exact) mass is 307 g/mol. The largest absolute Gasteiger partial charge is 0.493 e. The summed E-state index contributed by atoms with van der Waals surface area (Å²) in [5.74, 6) is -0.345. The molecule has 0 bridgehead atoms. The van der Waals surface area contributed by atoms with Gasteiger partial charge in [-0.3, -0.25) is 9.59 Å². The third-order valence-electron chi connectivity index (χ3n) is 3.15. The zero-order chi connectivity index (χ0) is 16.9. The van der Waals surface area contributed by atoms with E-state index in [1.807, 2.05) is 40.7 Å². The van der Waals surface area contributed by atoms with Crippen LogP contribution < -0.4 is 10.1 Å². The minimum atomic E-state index is -0.900. The third-order valence-corrected chi connectivity index (χ3v) is 3.15. The molecule has 0 atom stereocenters. The van der Waals surface area contributed by atoms with Crippen LogP contribution in [-0.2, 0) is 9.59 Å². The Morgan fingerprint density at radius 2 is 1.86 bits per heavy atom. The molecule has 0 saturated heterocycles. The van der Waals surface area contributed by atoms with Gasteiger partial charge in [-0.1, -0.05) is 26.8 Å². The van der Waals surface area contributed by atoms with Crippen LogP contribution in [0.25, 0.3) is 0 Å². The minimum Gasteiger partial charge on any atom is -0.493 e. The van der Waals surface area contributed by atoms with E-state index in [9.17, 15) is 9.59 Å². The third kappa shape index (κ3) is 5.76. The summed E-state index contributed by atoms with van der Waals surface area (Å²) >= 11 is 0. The Bertz CT molecular complexity index is 559. The van der Waals surface area contributed by atoms with Crippen molar-refractivity contribution in [1.82, 2.24) is 0 Å². The van der Waals surface area contributed by atoms with Gasteiger partial charge in [-0.15, -0.1) is 0 Å². The number of nitrogens with one attached hydrogen (secondary N) is 1. The Balaban J connectivity index is 2.86. The predicted molar refractivity (Wildman–Crippen MR) is 86.4 cm³/mol. The number of benzene rings is 1. The standard InChI is InChI=1S/C17H25NO4/c1-11-6-7-13(22-9-8-15(20)21)12(2)16(11)18-14(19)10-17(3,4)5/h6-7H,8-10H2,1-5H3,(H,18,19)(H,20,21). The molecule has 0 radical (unpaired) electrons. The molecule has 0 unspecified atom stereocenters. The summed E-state index contributed by atoms with van der Waals surface area (Å²) in [4.78, 5) is 22.7. The number of carbonyl (C=O) groups excluding carboxylic acids is 1. The van der Waals surface area contributed by atoms with Crippen molar-refractivity contribution in [3.63, 3.8) is 0 Å². The molecule has 5 heteroatoms. The van der Waals surface area contributed by atoms with Gasteiger partial charge < -0.3 is 15.2 Å². The van der Waals surface area contributed by atoms with E-state index in [0.717, 1.165) is 16.8 Å². The fraction of sp³-hybridized carbons (Fsp3) is 0.529. The lowest BCUT2D eigenvalue weighted by atomic mass is 9.92. The first kappa shape index (κ1) is 18.0. The highest BCUT2D eigenvalue weighted by atomic mass is 16.5. The summed E-state index contributed by atoms with van der Waals surface area (Å²) in [6, 6.07) is 3.65. The van der Waals surface area contributed by atoms with Gasteiger partial charge in [0.15, 0.2) is 0 Å². The zero-order valence-electron chi connectivity index (χ0n) is 13.9. The fourth-order valence-corrected chi connectivity index (χ4v) is 2.09. The number of aryl methyl sites for hydroxylation is 1. The number of carboxylic acid groups (broad SMARTS) is 1. The van der Waals surface area contributed by atoms with Crippen molar-refractivity contribution in [2.75, 3.05) is 11.9 Å². The van der Waals surface area contributed by atoms with Crippen molar-refractivity contribution < 1.29 is 19.4 Å².